The van der Waals surface area contributed by atoms with Crippen LogP contribution in [0.15, 0.2) is 89.9 Å². The molecule has 0 bridgehead atoms. The van der Waals surface area contributed by atoms with E-state index in [1.54, 1.807) is 79.0 Å². The number of rotatable bonds is 10. The molecule has 1 N–H and O–H groups in total. The van der Waals surface area contributed by atoms with Gasteiger partial charge in [-0.3, -0.25) is 9.59 Å². The molecule has 0 radical (unpaired) electrons. The second-order valence-corrected chi connectivity index (χ2v) is 14.2. The fraction of sp³-hybridized carbons (Fsp3) is 0.303. The van der Waals surface area contributed by atoms with E-state index in [9.17, 15) is 18.0 Å². The fourth-order valence-electron chi connectivity index (χ4n) is 5.17. The topological polar surface area (TPSA) is 114 Å². The molecule has 0 spiro atoms. The van der Waals surface area contributed by atoms with Crippen molar-refractivity contribution in [3.63, 3.8) is 0 Å². The van der Waals surface area contributed by atoms with Crippen molar-refractivity contribution in [1.29, 1.82) is 0 Å². The van der Waals surface area contributed by atoms with Crippen molar-refractivity contribution in [2.45, 2.75) is 25.5 Å². The minimum atomic E-state index is -3.61. The molecule has 0 atom stereocenters. The predicted molar refractivity (Wildman–Crippen MR) is 175 cm³/mol. The molecule has 6 rings (SSSR count). The van der Waals surface area contributed by atoms with E-state index >= 15 is 0 Å². The zero-order valence-electron chi connectivity index (χ0n) is 24.9. The second-order valence-electron chi connectivity index (χ2n) is 11.8. The Labute approximate surface area is 267 Å². The first-order valence-corrected chi connectivity index (χ1v) is 16.8. The maximum absolute atomic E-state index is 13.6. The average molecular weight is 648 g/mol. The van der Waals surface area contributed by atoms with Gasteiger partial charge in [-0.05, 0) is 60.9 Å². The van der Waals surface area contributed by atoms with E-state index in [0.717, 1.165) is 12.8 Å². The number of ether oxygens (including phenoxy) is 1. The van der Waals surface area contributed by atoms with Gasteiger partial charge in [0, 0.05) is 47.9 Å². The molecular formula is C33H34ClN5O5S. The highest BCUT2D eigenvalue weighted by Gasteiger charge is 2.39. The molecule has 234 valence electrons. The lowest BCUT2D eigenvalue weighted by atomic mass is 10.2. The summed E-state index contributed by atoms with van der Waals surface area (Å²) in [6.45, 7) is 3.79. The van der Waals surface area contributed by atoms with Gasteiger partial charge in [0.2, 0.25) is 15.8 Å². The number of hydrogen-bond acceptors (Lipinski definition) is 7. The van der Waals surface area contributed by atoms with E-state index in [-0.39, 0.29) is 35.9 Å². The standard InChI is InChI=1S/C33H34ClN5O5S/c1-33(14-15-33)23-44-30-29(21-35-39(32(30)41)28-9-5-8-26(34)20-28)37-16-18-38(19-17-37)45(42,43)22-24-10-12-27(13-11-24)36-31(40)25-6-3-2-4-7-25/h2-13,20-21H,14-19,22-23H2,1H3,(H,36,40). The lowest BCUT2D eigenvalue weighted by molar-refractivity contribution is 0.102. The maximum Gasteiger partial charge on any atom is 0.316 e. The predicted octanol–water partition coefficient (Wildman–Crippen LogP) is 4.97. The number of benzene rings is 3. The van der Waals surface area contributed by atoms with Crippen LogP contribution < -0.4 is 20.5 Å². The normalized spacial score (nSPS) is 16.3. The Bertz CT molecular complexity index is 1850. The van der Waals surface area contributed by atoms with Crippen LogP contribution in [-0.4, -0.2) is 61.2 Å². The first-order chi connectivity index (χ1) is 21.6. The van der Waals surface area contributed by atoms with Crippen LogP contribution in [0.3, 0.4) is 0 Å². The number of piperazine rings is 1. The molecule has 1 aromatic heterocycles. The van der Waals surface area contributed by atoms with Crippen LogP contribution in [0.4, 0.5) is 11.4 Å². The number of anilines is 2. The minimum Gasteiger partial charge on any atom is -0.486 e. The molecule has 10 nitrogen and oxygen atoms in total. The number of sulfonamides is 1. The van der Waals surface area contributed by atoms with Crippen LogP contribution in [0.25, 0.3) is 5.69 Å². The van der Waals surface area contributed by atoms with Gasteiger partial charge in [0.05, 0.1) is 24.2 Å². The highest BCUT2D eigenvalue weighted by Crippen LogP contribution is 2.45. The number of nitrogens with one attached hydrogen (secondary N) is 1. The van der Waals surface area contributed by atoms with Crippen molar-refractivity contribution >= 4 is 38.9 Å². The van der Waals surface area contributed by atoms with Gasteiger partial charge in [-0.25, -0.2) is 8.42 Å². The summed E-state index contributed by atoms with van der Waals surface area (Å²) in [5, 5.41) is 7.73. The number of hydrogen-bond donors (Lipinski definition) is 1. The third-order valence-electron chi connectivity index (χ3n) is 8.21. The zero-order chi connectivity index (χ0) is 31.6. The smallest absolute Gasteiger partial charge is 0.316 e. The van der Waals surface area contributed by atoms with Gasteiger partial charge in [-0.2, -0.15) is 14.1 Å². The number of amides is 1. The number of carbonyl (C=O) groups is 1. The Morgan fingerprint density at radius 1 is 0.978 bits per heavy atom. The van der Waals surface area contributed by atoms with Crippen molar-refractivity contribution in [2.75, 3.05) is 43.0 Å². The number of nitrogens with zero attached hydrogens (tertiary/aromatic N) is 4. The van der Waals surface area contributed by atoms with E-state index in [0.29, 0.717) is 52.9 Å². The summed E-state index contributed by atoms with van der Waals surface area (Å²) >= 11 is 6.17. The van der Waals surface area contributed by atoms with Crippen molar-refractivity contribution in [3.05, 3.63) is 112 Å². The number of carbonyl (C=O) groups excluding carboxylic acids is 1. The Balaban J connectivity index is 1.12. The first-order valence-electron chi connectivity index (χ1n) is 14.8. The van der Waals surface area contributed by atoms with Gasteiger partial charge >= 0.3 is 5.56 Å². The van der Waals surface area contributed by atoms with Gasteiger partial charge in [0.1, 0.15) is 5.69 Å². The fourth-order valence-corrected chi connectivity index (χ4v) is 6.87. The van der Waals surface area contributed by atoms with Crippen molar-refractivity contribution in [3.8, 4) is 11.4 Å². The molecule has 1 saturated carbocycles. The van der Waals surface area contributed by atoms with Crippen LogP contribution in [0.2, 0.25) is 5.02 Å². The maximum atomic E-state index is 13.6. The van der Waals surface area contributed by atoms with Crippen LogP contribution >= 0.6 is 11.6 Å². The van der Waals surface area contributed by atoms with Crippen molar-refractivity contribution < 1.29 is 17.9 Å². The Morgan fingerprint density at radius 3 is 2.36 bits per heavy atom. The summed E-state index contributed by atoms with van der Waals surface area (Å²) < 4.78 is 35.6. The van der Waals surface area contributed by atoms with Crippen LogP contribution in [0, 0.1) is 5.41 Å². The quantitative estimate of drug-likeness (QED) is 0.259. The van der Waals surface area contributed by atoms with E-state index in [1.165, 1.54) is 8.99 Å². The third kappa shape index (κ3) is 7.22. The summed E-state index contributed by atoms with van der Waals surface area (Å²) in [5.74, 6) is -0.195. The van der Waals surface area contributed by atoms with E-state index in [4.69, 9.17) is 16.3 Å². The van der Waals surface area contributed by atoms with Gasteiger partial charge in [0.15, 0.2) is 0 Å². The molecule has 3 aromatic carbocycles. The molecule has 2 heterocycles. The molecule has 1 amide bonds. The second kappa shape index (κ2) is 12.7. The van der Waals surface area contributed by atoms with Gasteiger partial charge in [-0.15, -0.1) is 0 Å². The SMILES string of the molecule is CC1(COc2c(N3CCN(S(=O)(=O)Cc4ccc(NC(=O)c5ccccc5)cc4)CC3)cnn(-c3cccc(Cl)c3)c2=O)CC1. The van der Waals surface area contributed by atoms with Gasteiger partial charge in [0.25, 0.3) is 5.91 Å². The molecule has 2 aliphatic rings. The Kier molecular flexibility index (Phi) is 8.67. The summed E-state index contributed by atoms with van der Waals surface area (Å²) in [6.07, 6.45) is 3.68. The van der Waals surface area contributed by atoms with Gasteiger partial charge in [-0.1, -0.05) is 54.9 Å². The largest absolute Gasteiger partial charge is 0.486 e. The summed E-state index contributed by atoms with van der Waals surface area (Å²) in [6, 6.07) is 22.6. The Morgan fingerprint density at radius 2 is 1.69 bits per heavy atom. The summed E-state index contributed by atoms with van der Waals surface area (Å²) in [5.41, 5.74) is 2.48. The number of aromatic nitrogens is 2. The lowest BCUT2D eigenvalue weighted by Gasteiger charge is -2.35. The van der Waals surface area contributed by atoms with Crippen LogP contribution in [0.1, 0.15) is 35.7 Å². The number of halogens is 1. The summed E-state index contributed by atoms with van der Waals surface area (Å²) in [4.78, 5) is 28.0. The molecule has 1 aliphatic heterocycles. The minimum absolute atomic E-state index is 0.0479. The van der Waals surface area contributed by atoms with Crippen molar-refractivity contribution in [2.24, 2.45) is 5.41 Å². The molecule has 2 fully saturated rings. The molecule has 12 heteroatoms. The van der Waals surface area contributed by atoms with Gasteiger partial charge < -0.3 is 15.0 Å². The first kappa shape index (κ1) is 30.8. The molecule has 4 aromatic rings. The highest BCUT2D eigenvalue weighted by molar-refractivity contribution is 7.88. The third-order valence-corrected chi connectivity index (χ3v) is 10.3. The average Bonchev–Trinajstić information content (AvgIpc) is 3.78. The van der Waals surface area contributed by atoms with E-state index in [2.05, 4.69) is 17.3 Å². The van der Waals surface area contributed by atoms with Crippen molar-refractivity contribution in [1.82, 2.24) is 14.1 Å². The summed E-state index contributed by atoms with van der Waals surface area (Å²) in [7, 11) is -3.61. The molecule has 0 unspecified atom stereocenters. The highest BCUT2D eigenvalue weighted by atomic mass is 35.5. The van der Waals surface area contributed by atoms with E-state index < -0.39 is 15.6 Å². The molecule has 1 aliphatic carbocycles. The monoisotopic (exact) mass is 647 g/mol. The van der Waals surface area contributed by atoms with Crippen LogP contribution in [-0.2, 0) is 15.8 Å². The van der Waals surface area contributed by atoms with Crippen LogP contribution in [0.5, 0.6) is 5.75 Å². The molecule has 45 heavy (non-hydrogen) atoms. The van der Waals surface area contributed by atoms with E-state index in [1.807, 2.05) is 11.0 Å². The lowest BCUT2D eigenvalue weighted by Crippen LogP contribution is -2.49. The molecule has 1 saturated heterocycles. The molecular weight excluding hydrogens is 614 g/mol. The zero-order valence-corrected chi connectivity index (χ0v) is 26.4. The Hall–Kier alpha value is -4.19.